The van der Waals surface area contributed by atoms with Crippen LogP contribution in [0.5, 0.6) is 0 Å². The standard InChI is InChI=1S/C48F33N3/c49-22-10(23(50)29(56)13(28(22)55)16-34(61)40(67)19(46(73,74)75)41(68)35(16)62)4(1-82)7-8(5(2-83)11-24(51)30(57)14(31(58)25(11)52)17-36(63)42(69)20(47(76,77)78)43(70)37(17)64)9(7)6(3-84)12-26(53)32(59)15(33(60)27(12)54)18-38(65)44(71)21(48(79,80)81)45(72)39(18)66. The van der Waals surface area contributed by atoms with E-state index in [1.165, 1.54) is 0 Å². The lowest BCUT2D eigenvalue weighted by Gasteiger charge is -2.16. The zero-order chi connectivity index (χ0) is 63.9. The highest BCUT2D eigenvalue weighted by atomic mass is 19.4. The monoisotopic (exact) mass is 1240 g/mol. The first kappa shape index (κ1) is 62.3. The smallest absolute Gasteiger partial charge is 0.203 e. The van der Waals surface area contributed by atoms with Gasteiger partial charge in [-0.2, -0.15) is 55.3 Å². The highest BCUT2D eigenvalue weighted by Crippen LogP contribution is 2.59. The molecule has 84 heavy (non-hydrogen) atoms. The van der Waals surface area contributed by atoms with Crippen molar-refractivity contribution in [3.8, 4) is 51.6 Å². The lowest BCUT2D eigenvalue weighted by atomic mass is 9.94. The number of halogens is 33. The van der Waals surface area contributed by atoms with Crippen molar-refractivity contribution in [2.45, 2.75) is 18.5 Å². The summed E-state index contributed by atoms with van der Waals surface area (Å²) in [4.78, 5) is 0. The molecule has 36 heteroatoms. The first-order valence-electron chi connectivity index (χ1n) is 20.4. The molecular formula is C48F33N3. The largest absolute Gasteiger partial charge is 0.422 e. The molecular weight excluding hydrogens is 1250 g/mol. The summed E-state index contributed by atoms with van der Waals surface area (Å²) in [7, 11) is 0. The van der Waals surface area contributed by atoms with E-state index in [9.17, 15) is 108 Å². The zero-order valence-corrected chi connectivity index (χ0v) is 37.8. The molecule has 0 spiro atoms. The Hall–Kier alpha value is -9.30. The Kier molecular flexibility index (Phi) is 15.2. The Morgan fingerprint density at radius 3 is 0.429 bits per heavy atom. The summed E-state index contributed by atoms with van der Waals surface area (Å²) in [6.45, 7) is 0. The number of rotatable bonds is 6. The molecule has 7 rings (SSSR count). The van der Waals surface area contributed by atoms with Crippen molar-refractivity contribution >= 4 is 16.7 Å². The molecule has 6 aromatic rings. The van der Waals surface area contributed by atoms with Crippen LogP contribution in [0.15, 0.2) is 16.7 Å². The van der Waals surface area contributed by atoms with Gasteiger partial charge in [0.2, 0.25) is 0 Å². The fourth-order valence-electron chi connectivity index (χ4n) is 8.16. The lowest BCUT2D eigenvalue weighted by Crippen LogP contribution is -2.17. The van der Waals surface area contributed by atoms with Gasteiger partial charge < -0.3 is 0 Å². The molecule has 0 unspecified atom stereocenters. The maximum atomic E-state index is 16.2. The van der Waals surface area contributed by atoms with Crippen molar-refractivity contribution in [3.63, 3.8) is 0 Å². The molecule has 1 aliphatic carbocycles. The zero-order valence-electron chi connectivity index (χ0n) is 37.8. The van der Waals surface area contributed by atoms with E-state index in [1.807, 2.05) is 0 Å². The quantitative estimate of drug-likeness (QED) is 0.0948. The summed E-state index contributed by atoms with van der Waals surface area (Å²) in [5, 5.41) is 30.4. The maximum Gasteiger partial charge on any atom is 0.422 e. The third kappa shape index (κ3) is 8.92. The minimum absolute atomic E-state index is 0.449. The number of nitrogens with zero attached hydrogens (tertiary/aromatic N) is 3. The van der Waals surface area contributed by atoms with Gasteiger partial charge in [0.25, 0.3) is 0 Å². The Labute approximate surface area is 437 Å². The van der Waals surface area contributed by atoms with Crippen molar-refractivity contribution in [1.29, 1.82) is 15.8 Å². The van der Waals surface area contributed by atoms with Gasteiger partial charge in [-0.25, -0.2) is 105 Å². The summed E-state index contributed by atoms with van der Waals surface area (Å²) < 4.78 is 489. The van der Waals surface area contributed by atoms with E-state index in [-0.39, 0.29) is 0 Å². The van der Waals surface area contributed by atoms with Gasteiger partial charge in [0, 0.05) is 16.7 Å². The van der Waals surface area contributed by atoms with Crippen molar-refractivity contribution in [2.75, 3.05) is 0 Å². The summed E-state index contributed by atoms with van der Waals surface area (Å²) in [6.07, 6.45) is -19.3. The van der Waals surface area contributed by atoms with Gasteiger partial charge in [0.15, 0.2) is 140 Å². The van der Waals surface area contributed by atoms with Crippen LogP contribution in [0.1, 0.15) is 33.4 Å². The number of alkyl halides is 9. The summed E-state index contributed by atoms with van der Waals surface area (Å²) in [6, 6.07) is 1.35. The topological polar surface area (TPSA) is 71.4 Å². The van der Waals surface area contributed by atoms with Crippen molar-refractivity contribution < 1.29 is 145 Å². The molecule has 1 aliphatic rings. The van der Waals surface area contributed by atoms with Gasteiger partial charge in [0.05, 0.1) is 66.8 Å². The minimum atomic E-state index is -6.44. The molecule has 0 saturated heterocycles. The van der Waals surface area contributed by atoms with Crippen LogP contribution in [0, 0.1) is 174 Å². The van der Waals surface area contributed by atoms with Crippen LogP contribution < -0.4 is 0 Å². The number of hydrogen-bond acceptors (Lipinski definition) is 3. The average Bonchev–Trinajstić information content (AvgIpc) is 1.54. The summed E-state index contributed by atoms with van der Waals surface area (Å²) in [5.41, 5.74) is -53.1. The van der Waals surface area contributed by atoms with Gasteiger partial charge in [-0.1, -0.05) is 0 Å². The normalized spacial score (nSPS) is 12.7. The van der Waals surface area contributed by atoms with Crippen LogP contribution in [-0.4, -0.2) is 0 Å². The average molecular weight is 1250 g/mol. The Bertz CT molecular complexity index is 3650. The van der Waals surface area contributed by atoms with E-state index in [0.717, 1.165) is 0 Å². The molecule has 6 aromatic carbocycles. The molecule has 0 amide bonds. The summed E-state index contributed by atoms with van der Waals surface area (Å²) in [5.74, 6) is -85.1. The fraction of sp³-hybridized carbons (Fsp3) is 0.0625. The molecule has 1 saturated carbocycles. The number of benzene rings is 6. The predicted octanol–water partition coefficient (Wildman–Crippen LogP) is 17.3. The fourth-order valence-corrected chi connectivity index (χ4v) is 8.16. The minimum Gasteiger partial charge on any atom is -0.203 e. The van der Waals surface area contributed by atoms with E-state index in [0.29, 0.717) is 18.2 Å². The molecule has 3 nitrogen and oxygen atoms in total. The molecule has 438 valence electrons. The maximum absolute atomic E-state index is 16.2. The van der Waals surface area contributed by atoms with Crippen molar-refractivity contribution in [3.05, 3.63) is 190 Å². The first-order chi connectivity index (χ1) is 38.6. The molecule has 0 atom stereocenters. The second kappa shape index (κ2) is 20.5. The van der Waals surface area contributed by atoms with E-state index in [1.54, 1.807) is 0 Å². The third-order valence-electron chi connectivity index (χ3n) is 11.7. The molecule has 1 fully saturated rings. The predicted molar refractivity (Wildman–Crippen MR) is 207 cm³/mol. The second-order valence-electron chi connectivity index (χ2n) is 16.1. The van der Waals surface area contributed by atoms with Crippen LogP contribution in [0.25, 0.3) is 50.1 Å². The van der Waals surface area contributed by atoms with Gasteiger partial charge in [-0.15, -0.1) is 0 Å². The Morgan fingerprint density at radius 1 is 0.202 bits per heavy atom. The van der Waals surface area contributed by atoms with Gasteiger partial charge in [-0.3, -0.25) is 0 Å². The van der Waals surface area contributed by atoms with Crippen LogP contribution >= 0.6 is 0 Å². The van der Waals surface area contributed by atoms with Gasteiger partial charge >= 0.3 is 18.5 Å². The first-order valence-corrected chi connectivity index (χ1v) is 20.4. The van der Waals surface area contributed by atoms with E-state index < -0.39 is 258 Å². The molecule has 0 bridgehead atoms. The second-order valence-corrected chi connectivity index (χ2v) is 16.1. The Balaban J connectivity index is 1.67. The molecule has 0 heterocycles. The summed E-state index contributed by atoms with van der Waals surface area (Å²) >= 11 is 0. The Morgan fingerprint density at radius 2 is 0.321 bits per heavy atom. The number of hydrogen-bond donors (Lipinski definition) is 0. The highest BCUT2D eigenvalue weighted by Gasteiger charge is 2.50. The van der Waals surface area contributed by atoms with Gasteiger partial charge in [-0.05, 0) is 0 Å². The lowest BCUT2D eigenvalue weighted by molar-refractivity contribution is -0.144. The van der Waals surface area contributed by atoms with Crippen LogP contribution in [0.4, 0.5) is 145 Å². The van der Waals surface area contributed by atoms with Crippen molar-refractivity contribution in [2.24, 2.45) is 0 Å². The van der Waals surface area contributed by atoms with E-state index in [4.69, 9.17) is 0 Å². The highest BCUT2D eigenvalue weighted by molar-refractivity contribution is 6.12. The molecule has 0 N–H and O–H groups in total. The van der Waals surface area contributed by atoms with Crippen LogP contribution in [0.2, 0.25) is 0 Å². The van der Waals surface area contributed by atoms with Crippen LogP contribution in [-0.2, 0) is 18.5 Å². The molecule has 0 aliphatic heterocycles. The van der Waals surface area contributed by atoms with E-state index >= 15 is 52.7 Å². The molecule has 0 radical (unpaired) electrons. The number of allylic oxidation sites excluding steroid dienone is 6. The van der Waals surface area contributed by atoms with Crippen LogP contribution in [0.3, 0.4) is 0 Å². The van der Waals surface area contributed by atoms with Crippen molar-refractivity contribution in [1.82, 2.24) is 0 Å². The third-order valence-corrected chi connectivity index (χ3v) is 11.7. The number of nitriles is 3. The molecule has 0 aromatic heterocycles. The van der Waals surface area contributed by atoms with Gasteiger partial charge in [0.1, 0.15) is 34.9 Å². The SMILES string of the molecule is N#CC(=C1C(=C(C#N)c2c(F)c(F)c(-c3c(F)c(F)c(C(F)(F)F)c(F)c3F)c(F)c2F)C1=C(C#N)c1c(F)c(F)c(-c2c(F)c(F)c(C(F)(F)F)c(F)c2F)c(F)c1F)c1c(F)c(F)c(-c2c(F)c(F)c(C(F)(F)F)c(F)c2F)c(F)c1F. The van der Waals surface area contributed by atoms with E-state index in [2.05, 4.69) is 0 Å².